The van der Waals surface area contributed by atoms with E-state index in [4.69, 9.17) is 4.74 Å². The highest BCUT2D eigenvalue weighted by molar-refractivity contribution is 5.16. The number of rotatable bonds is 3. The van der Waals surface area contributed by atoms with E-state index in [2.05, 4.69) is 12.1 Å². The van der Waals surface area contributed by atoms with Crippen LogP contribution in [0, 0.1) is 5.92 Å². The quantitative estimate of drug-likeness (QED) is 0.751. The van der Waals surface area contributed by atoms with Crippen LogP contribution in [0.1, 0.15) is 25.8 Å². The number of benzene rings is 1. The lowest BCUT2D eigenvalue weighted by Gasteiger charge is -2.15. The number of hydrogen-bond donors (Lipinski definition) is 0. The SMILES string of the molecule is CC1=C(F)O[C@H](CCc2ccccc2)[C@H]1C. The molecule has 0 unspecified atom stereocenters. The Kier molecular flexibility index (Phi) is 3.28. The molecule has 0 radical (unpaired) electrons. The van der Waals surface area contributed by atoms with Crippen molar-refractivity contribution in [1.82, 2.24) is 0 Å². The van der Waals surface area contributed by atoms with Crippen LogP contribution >= 0.6 is 0 Å². The molecule has 86 valence electrons. The van der Waals surface area contributed by atoms with Gasteiger partial charge in [0.05, 0.1) is 0 Å². The van der Waals surface area contributed by atoms with Crippen LogP contribution in [-0.2, 0) is 11.2 Å². The Labute approximate surface area is 95.9 Å². The summed E-state index contributed by atoms with van der Waals surface area (Å²) in [6.07, 6.45) is 1.81. The second-order valence-corrected chi connectivity index (χ2v) is 4.43. The molecule has 0 spiro atoms. The molecule has 2 heteroatoms. The predicted molar refractivity (Wildman–Crippen MR) is 62.6 cm³/mol. The maximum atomic E-state index is 13.2. The smallest absolute Gasteiger partial charge is 0.272 e. The molecular formula is C14H17FO. The summed E-state index contributed by atoms with van der Waals surface area (Å²) in [6, 6.07) is 9.87. The van der Waals surface area contributed by atoms with Crippen molar-refractivity contribution >= 4 is 0 Å². The highest BCUT2D eigenvalue weighted by Crippen LogP contribution is 2.33. The molecule has 0 saturated carbocycles. The van der Waals surface area contributed by atoms with Crippen molar-refractivity contribution in [2.24, 2.45) is 5.92 Å². The average Bonchev–Trinajstić information content (AvgIpc) is 2.56. The van der Waals surface area contributed by atoms with E-state index in [0.29, 0.717) is 0 Å². The molecule has 1 aliphatic rings. The van der Waals surface area contributed by atoms with Crippen molar-refractivity contribution in [2.45, 2.75) is 32.8 Å². The molecule has 0 aromatic heterocycles. The van der Waals surface area contributed by atoms with Crippen LogP contribution in [0.5, 0.6) is 0 Å². The zero-order valence-electron chi connectivity index (χ0n) is 9.74. The Hall–Kier alpha value is -1.31. The highest BCUT2D eigenvalue weighted by Gasteiger charge is 2.30. The van der Waals surface area contributed by atoms with Gasteiger partial charge < -0.3 is 4.74 Å². The van der Waals surface area contributed by atoms with Crippen molar-refractivity contribution < 1.29 is 9.13 Å². The Morgan fingerprint density at radius 1 is 1.25 bits per heavy atom. The average molecular weight is 220 g/mol. The van der Waals surface area contributed by atoms with Crippen molar-refractivity contribution in [3.8, 4) is 0 Å². The fourth-order valence-corrected chi connectivity index (χ4v) is 2.05. The van der Waals surface area contributed by atoms with Gasteiger partial charge in [-0.1, -0.05) is 37.3 Å². The van der Waals surface area contributed by atoms with Crippen LogP contribution in [0.2, 0.25) is 0 Å². The van der Waals surface area contributed by atoms with E-state index in [9.17, 15) is 4.39 Å². The predicted octanol–water partition coefficient (Wildman–Crippen LogP) is 3.86. The molecule has 1 aromatic rings. The van der Waals surface area contributed by atoms with E-state index in [-0.39, 0.29) is 18.0 Å². The molecule has 1 aromatic carbocycles. The molecule has 0 fully saturated rings. The van der Waals surface area contributed by atoms with Gasteiger partial charge in [-0.3, -0.25) is 0 Å². The van der Waals surface area contributed by atoms with Crippen LogP contribution in [0.3, 0.4) is 0 Å². The molecular weight excluding hydrogens is 203 g/mol. The summed E-state index contributed by atoms with van der Waals surface area (Å²) in [6.45, 7) is 3.83. The van der Waals surface area contributed by atoms with Crippen LogP contribution in [0.15, 0.2) is 41.9 Å². The van der Waals surface area contributed by atoms with Gasteiger partial charge in [0.2, 0.25) is 0 Å². The zero-order chi connectivity index (χ0) is 11.5. The van der Waals surface area contributed by atoms with Gasteiger partial charge in [0.25, 0.3) is 6.01 Å². The Morgan fingerprint density at radius 3 is 2.50 bits per heavy atom. The van der Waals surface area contributed by atoms with E-state index in [1.807, 2.05) is 32.0 Å². The minimum Gasteiger partial charge on any atom is -0.467 e. The Balaban J connectivity index is 1.89. The first-order valence-corrected chi connectivity index (χ1v) is 5.75. The van der Waals surface area contributed by atoms with Crippen molar-refractivity contribution in [2.75, 3.05) is 0 Å². The lowest BCUT2D eigenvalue weighted by Crippen LogP contribution is -2.16. The fraction of sp³-hybridized carbons (Fsp3) is 0.429. The molecule has 2 atom stereocenters. The van der Waals surface area contributed by atoms with Gasteiger partial charge in [-0.2, -0.15) is 4.39 Å². The standard InChI is InChI=1S/C14H17FO/c1-10-11(2)14(15)16-13(10)9-8-12-6-4-3-5-7-12/h3-7,10,13H,8-9H2,1-2H3/t10-,13+/m0/s1. The molecule has 0 N–H and O–H groups in total. The van der Waals surface area contributed by atoms with E-state index in [0.717, 1.165) is 18.4 Å². The largest absolute Gasteiger partial charge is 0.467 e. The van der Waals surface area contributed by atoms with E-state index >= 15 is 0 Å². The second kappa shape index (κ2) is 4.69. The Bertz CT molecular complexity index is 383. The summed E-state index contributed by atoms with van der Waals surface area (Å²) in [5.41, 5.74) is 2.03. The topological polar surface area (TPSA) is 9.23 Å². The fourth-order valence-electron chi connectivity index (χ4n) is 2.05. The molecule has 0 aliphatic carbocycles. The third-order valence-electron chi connectivity index (χ3n) is 3.37. The van der Waals surface area contributed by atoms with Crippen LogP contribution < -0.4 is 0 Å². The van der Waals surface area contributed by atoms with E-state index in [1.165, 1.54) is 5.56 Å². The molecule has 0 amide bonds. The molecule has 1 heterocycles. The first-order valence-electron chi connectivity index (χ1n) is 5.75. The number of aryl methyl sites for hydroxylation is 1. The summed E-state index contributed by atoms with van der Waals surface area (Å²) in [5.74, 6) is 0.198. The van der Waals surface area contributed by atoms with E-state index in [1.54, 1.807) is 0 Å². The molecule has 16 heavy (non-hydrogen) atoms. The van der Waals surface area contributed by atoms with Crippen molar-refractivity contribution in [1.29, 1.82) is 0 Å². The lowest BCUT2D eigenvalue weighted by atomic mass is 9.94. The first-order chi connectivity index (χ1) is 7.68. The maximum Gasteiger partial charge on any atom is 0.272 e. The van der Waals surface area contributed by atoms with Crippen molar-refractivity contribution in [3.63, 3.8) is 0 Å². The first kappa shape index (κ1) is 11.2. The molecule has 1 aliphatic heterocycles. The van der Waals surface area contributed by atoms with Gasteiger partial charge in [-0.15, -0.1) is 0 Å². The third-order valence-corrected chi connectivity index (χ3v) is 3.37. The molecule has 0 bridgehead atoms. The highest BCUT2D eigenvalue weighted by atomic mass is 19.1. The number of ether oxygens (including phenoxy) is 1. The summed E-state index contributed by atoms with van der Waals surface area (Å²) in [4.78, 5) is 0. The van der Waals surface area contributed by atoms with Crippen LogP contribution in [0.25, 0.3) is 0 Å². The minimum atomic E-state index is -0.370. The monoisotopic (exact) mass is 220 g/mol. The van der Waals surface area contributed by atoms with Gasteiger partial charge in [0.15, 0.2) is 0 Å². The van der Waals surface area contributed by atoms with Gasteiger partial charge in [-0.25, -0.2) is 0 Å². The summed E-state index contributed by atoms with van der Waals surface area (Å²) in [5, 5.41) is 0. The zero-order valence-corrected chi connectivity index (χ0v) is 9.74. The molecule has 1 nitrogen and oxygen atoms in total. The van der Waals surface area contributed by atoms with Gasteiger partial charge in [0.1, 0.15) is 6.10 Å². The molecule has 2 rings (SSSR count). The van der Waals surface area contributed by atoms with Gasteiger partial charge in [0, 0.05) is 11.5 Å². The van der Waals surface area contributed by atoms with E-state index < -0.39 is 0 Å². The molecule has 0 saturated heterocycles. The summed E-state index contributed by atoms with van der Waals surface area (Å²) in [7, 11) is 0. The van der Waals surface area contributed by atoms with Crippen molar-refractivity contribution in [3.05, 3.63) is 47.5 Å². The number of hydrogen-bond acceptors (Lipinski definition) is 1. The minimum absolute atomic E-state index is 0.000191. The van der Waals surface area contributed by atoms with Crippen LogP contribution in [0.4, 0.5) is 4.39 Å². The third kappa shape index (κ3) is 2.26. The van der Waals surface area contributed by atoms with Gasteiger partial charge >= 0.3 is 0 Å². The summed E-state index contributed by atoms with van der Waals surface area (Å²) >= 11 is 0. The van der Waals surface area contributed by atoms with Gasteiger partial charge in [-0.05, 0) is 25.3 Å². The Morgan fingerprint density at radius 2 is 1.94 bits per heavy atom. The maximum absolute atomic E-state index is 13.2. The second-order valence-electron chi connectivity index (χ2n) is 4.43. The number of halogens is 1. The van der Waals surface area contributed by atoms with Crippen LogP contribution in [-0.4, -0.2) is 6.10 Å². The normalized spacial score (nSPS) is 24.7. The summed E-state index contributed by atoms with van der Waals surface area (Å²) < 4.78 is 18.4. The lowest BCUT2D eigenvalue weighted by molar-refractivity contribution is 0.0712.